The van der Waals surface area contributed by atoms with Gasteiger partial charge in [0.05, 0.1) is 11.0 Å². The predicted molar refractivity (Wildman–Crippen MR) is 49.2 cm³/mol. The van der Waals surface area contributed by atoms with Crippen molar-refractivity contribution in [1.29, 1.82) is 0 Å². The summed E-state index contributed by atoms with van der Waals surface area (Å²) in [6.07, 6.45) is 0. The standard InChI is InChI=1S/C9H9F2NO3/c1-5-3-7(12(13)14)4-8(6(5)2)15-9(10)11/h3-4,9H,1-2H3. The molecule has 1 rings (SSSR count). The summed E-state index contributed by atoms with van der Waals surface area (Å²) >= 11 is 0. The van der Waals surface area contributed by atoms with E-state index in [4.69, 9.17) is 0 Å². The van der Waals surface area contributed by atoms with E-state index >= 15 is 0 Å². The van der Waals surface area contributed by atoms with Gasteiger partial charge >= 0.3 is 6.61 Å². The molecule has 0 aliphatic rings. The highest BCUT2D eigenvalue weighted by atomic mass is 19.3. The highest BCUT2D eigenvalue weighted by molar-refractivity contribution is 5.48. The van der Waals surface area contributed by atoms with Gasteiger partial charge in [-0.15, -0.1) is 0 Å². The zero-order chi connectivity index (χ0) is 11.6. The molecule has 6 heteroatoms. The second-order valence-electron chi connectivity index (χ2n) is 3.02. The minimum absolute atomic E-state index is 0.156. The lowest BCUT2D eigenvalue weighted by Crippen LogP contribution is -2.04. The summed E-state index contributed by atoms with van der Waals surface area (Å²) in [5.74, 6) is -0.156. The van der Waals surface area contributed by atoms with E-state index in [0.29, 0.717) is 11.1 Å². The summed E-state index contributed by atoms with van der Waals surface area (Å²) < 4.78 is 28.1. The molecule has 4 nitrogen and oxygen atoms in total. The molecule has 0 amide bonds. The van der Waals surface area contributed by atoms with Crippen molar-refractivity contribution in [2.75, 3.05) is 0 Å². The van der Waals surface area contributed by atoms with Crippen molar-refractivity contribution < 1.29 is 18.4 Å². The number of nitro groups is 1. The maximum atomic E-state index is 12.0. The van der Waals surface area contributed by atoms with Gasteiger partial charge in [0.25, 0.3) is 5.69 Å². The summed E-state index contributed by atoms with van der Waals surface area (Å²) in [5, 5.41) is 10.5. The zero-order valence-electron chi connectivity index (χ0n) is 8.16. The Morgan fingerprint density at radius 2 is 2.00 bits per heavy atom. The van der Waals surface area contributed by atoms with Crippen LogP contribution in [0.4, 0.5) is 14.5 Å². The average molecular weight is 217 g/mol. The topological polar surface area (TPSA) is 52.4 Å². The molecule has 0 N–H and O–H groups in total. The van der Waals surface area contributed by atoms with Crippen LogP contribution in [0.25, 0.3) is 0 Å². The van der Waals surface area contributed by atoms with Crippen LogP contribution < -0.4 is 4.74 Å². The van der Waals surface area contributed by atoms with Gasteiger partial charge in [0.15, 0.2) is 0 Å². The van der Waals surface area contributed by atoms with Gasteiger partial charge in [-0.05, 0) is 25.0 Å². The molecule has 0 saturated heterocycles. The van der Waals surface area contributed by atoms with Gasteiger partial charge in [-0.25, -0.2) is 0 Å². The molecular weight excluding hydrogens is 208 g/mol. The number of nitrogens with zero attached hydrogens (tertiary/aromatic N) is 1. The molecule has 1 aromatic rings. The first-order chi connectivity index (χ1) is 6.91. The van der Waals surface area contributed by atoms with Crippen molar-refractivity contribution in [3.8, 4) is 5.75 Å². The SMILES string of the molecule is Cc1cc([N+](=O)[O-])cc(OC(F)F)c1C. The van der Waals surface area contributed by atoms with E-state index in [-0.39, 0.29) is 11.4 Å². The Balaban J connectivity index is 3.19. The predicted octanol–water partition coefficient (Wildman–Crippen LogP) is 2.81. The smallest absolute Gasteiger partial charge is 0.387 e. The quantitative estimate of drug-likeness (QED) is 0.577. The molecule has 0 saturated carbocycles. The fourth-order valence-corrected chi connectivity index (χ4v) is 1.13. The fourth-order valence-electron chi connectivity index (χ4n) is 1.13. The number of alkyl halides is 2. The van der Waals surface area contributed by atoms with Gasteiger partial charge in [-0.2, -0.15) is 8.78 Å². The van der Waals surface area contributed by atoms with Crippen LogP contribution in [-0.4, -0.2) is 11.5 Å². The van der Waals surface area contributed by atoms with E-state index in [1.165, 1.54) is 6.07 Å². The number of benzene rings is 1. The van der Waals surface area contributed by atoms with E-state index in [2.05, 4.69) is 4.74 Å². The minimum atomic E-state index is -2.98. The Morgan fingerprint density at radius 3 is 2.47 bits per heavy atom. The van der Waals surface area contributed by atoms with E-state index < -0.39 is 11.5 Å². The lowest BCUT2D eigenvalue weighted by atomic mass is 10.1. The normalized spacial score (nSPS) is 10.5. The third kappa shape index (κ3) is 2.61. The van der Waals surface area contributed by atoms with Crippen LogP contribution >= 0.6 is 0 Å². The molecular formula is C9H9F2NO3. The third-order valence-electron chi connectivity index (χ3n) is 2.03. The number of ether oxygens (including phenoxy) is 1. The third-order valence-corrected chi connectivity index (χ3v) is 2.03. The maximum absolute atomic E-state index is 12.0. The van der Waals surface area contributed by atoms with Gasteiger partial charge < -0.3 is 4.74 Å². The van der Waals surface area contributed by atoms with Gasteiger partial charge in [-0.3, -0.25) is 10.1 Å². The molecule has 0 unspecified atom stereocenters. The van der Waals surface area contributed by atoms with Crippen molar-refractivity contribution in [2.45, 2.75) is 20.5 Å². The summed E-state index contributed by atoms with van der Waals surface area (Å²) in [4.78, 5) is 9.82. The molecule has 0 aliphatic carbocycles. The Bertz CT molecular complexity index is 393. The molecule has 0 aliphatic heterocycles. The van der Waals surface area contributed by atoms with Crippen molar-refractivity contribution >= 4 is 5.69 Å². The minimum Gasteiger partial charge on any atom is -0.434 e. The second kappa shape index (κ2) is 4.20. The number of aryl methyl sites for hydroxylation is 1. The monoisotopic (exact) mass is 217 g/mol. The van der Waals surface area contributed by atoms with E-state index in [1.807, 2.05) is 0 Å². The Kier molecular flexibility index (Phi) is 3.18. The van der Waals surface area contributed by atoms with E-state index in [9.17, 15) is 18.9 Å². The number of nitro benzene ring substituents is 1. The molecule has 0 bridgehead atoms. The first-order valence-corrected chi connectivity index (χ1v) is 4.12. The maximum Gasteiger partial charge on any atom is 0.387 e. The second-order valence-corrected chi connectivity index (χ2v) is 3.02. The van der Waals surface area contributed by atoms with Crippen molar-refractivity contribution in [1.82, 2.24) is 0 Å². The number of rotatable bonds is 3. The number of non-ortho nitro benzene ring substituents is 1. The lowest BCUT2D eigenvalue weighted by Gasteiger charge is -2.09. The van der Waals surface area contributed by atoms with Crippen molar-refractivity contribution in [3.63, 3.8) is 0 Å². The summed E-state index contributed by atoms with van der Waals surface area (Å²) in [7, 11) is 0. The zero-order valence-corrected chi connectivity index (χ0v) is 8.16. The summed E-state index contributed by atoms with van der Waals surface area (Å²) in [6, 6.07) is 2.31. The van der Waals surface area contributed by atoms with Crippen LogP contribution in [0.2, 0.25) is 0 Å². The molecule has 15 heavy (non-hydrogen) atoms. The van der Waals surface area contributed by atoms with Crippen LogP contribution in [0.3, 0.4) is 0 Å². The van der Waals surface area contributed by atoms with Gasteiger partial charge in [0.2, 0.25) is 0 Å². The van der Waals surface area contributed by atoms with Gasteiger partial charge in [0.1, 0.15) is 5.75 Å². The van der Waals surface area contributed by atoms with Gasteiger partial charge in [-0.1, -0.05) is 0 Å². The van der Waals surface area contributed by atoms with Crippen molar-refractivity contribution in [2.24, 2.45) is 0 Å². The van der Waals surface area contributed by atoms with Crippen LogP contribution in [0.5, 0.6) is 5.75 Å². The first-order valence-electron chi connectivity index (χ1n) is 4.12. The fraction of sp³-hybridized carbons (Fsp3) is 0.333. The van der Waals surface area contributed by atoms with Crippen LogP contribution in [0, 0.1) is 24.0 Å². The average Bonchev–Trinajstić information content (AvgIpc) is 2.11. The number of hydrogen-bond acceptors (Lipinski definition) is 3. The molecule has 0 atom stereocenters. The molecule has 0 heterocycles. The Hall–Kier alpha value is -1.72. The summed E-state index contributed by atoms with van der Waals surface area (Å²) in [5.41, 5.74) is 0.759. The van der Waals surface area contributed by atoms with Gasteiger partial charge in [0, 0.05) is 6.07 Å². The summed E-state index contributed by atoms with van der Waals surface area (Å²) in [6.45, 7) is 0.183. The lowest BCUT2D eigenvalue weighted by molar-refractivity contribution is -0.385. The molecule has 0 spiro atoms. The first kappa shape index (κ1) is 11.4. The highest BCUT2D eigenvalue weighted by Crippen LogP contribution is 2.28. The van der Waals surface area contributed by atoms with Crippen LogP contribution in [0.15, 0.2) is 12.1 Å². The largest absolute Gasteiger partial charge is 0.434 e. The molecule has 1 aromatic carbocycles. The number of hydrogen-bond donors (Lipinski definition) is 0. The van der Waals surface area contributed by atoms with E-state index in [0.717, 1.165) is 6.07 Å². The Labute approximate surface area is 84.6 Å². The Morgan fingerprint density at radius 1 is 1.40 bits per heavy atom. The molecule has 0 fully saturated rings. The molecule has 0 aromatic heterocycles. The molecule has 0 radical (unpaired) electrons. The van der Waals surface area contributed by atoms with Crippen LogP contribution in [-0.2, 0) is 0 Å². The van der Waals surface area contributed by atoms with E-state index in [1.54, 1.807) is 13.8 Å². The molecule has 82 valence electrons. The highest BCUT2D eigenvalue weighted by Gasteiger charge is 2.15. The van der Waals surface area contributed by atoms with Crippen LogP contribution in [0.1, 0.15) is 11.1 Å². The number of halogens is 2. The van der Waals surface area contributed by atoms with Crippen molar-refractivity contribution in [3.05, 3.63) is 33.4 Å².